The van der Waals surface area contributed by atoms with E-state index in [1.165, 1.54) is 11.3 Å². The molecule has 0 aliphatic rings. The number of nitrogens with zero attached hydrogens (tertiary/aromatic N) is 2. The van der Waals surface area contributed by atoms with Crippen molar-refractivity contribution in [1.29, 1.82) is 0 Å². The molecule has 0 aliphatic carbocycles. The zero-order valence-corrected chi connectivity index (χ0v) is 12.8. The Morgan fingerprint density at radius 3 is 2.76 bits per heavy atom. The molecule has 7 nitrogen and oxygen atoms in total. The first kappa shape index (κ1) is 15.2. The zero-order chi connectivity index (χ0) is 15.6. The maximum atomic E-state index is 11.8. The maximum absolute atomic E-state index is 11.8. The minimum absolute atomic E-state index is 0.0340. The number of amides is 1. The zero-order valence-electron chi connectivity index (χ0n) is 12.0. The number of nitrogens with one attached hydrogen (secondary N) is 2. The van der Waals surface area contributed by atoms with E-state index < -0.39 is 4.92 Å². The van der Waals surface area contributed by atoms with E-state index in [2.05, 4.69) is 15.6 Å². The van der Waals surface area contributed by atoms with E-state index in [0.29, 0.717) is 11.2 Å². The van der Waals surface area contributed by atoms with Gasteiger partial charge in [-0.3, -0.25) is 14.9 Å². The molecular formula is C13H16N4O3S. The van der Waals surface area contributed by atoms with Crippen molar-refractivity contribution >= 4 is 38.8 Å². The molecular weight excluding hydrogens is 292 g/mol. The number of hydrogen-bond donors (Lipinski definition) is 2. The van der Waals surface area contributed by atoms with Gasteiger partial charge in [-0.25, -0.2) is 4.98 Å². The lowest BCUT2D eigenvalue weighted by Gasteiger charge is -2.20. The van der Waals surface area contributed by atoms with Crippen LogP contribution < -0.4 is 10.6 Å². The lowest BCUT2D eigenvalue weighted by molar-refractivity contribution is -0.382. The number of carbonyl (C=O) groups is 1. The van der Waals surface area contributed by atoms with Crippen molar-refractivity contribution in [2.45, 2.75) is 26.3 Å². The summed E-state index contributed by atoms with van der Waals surface area (Å²) >= 11 is 1.34. The first-order valence-corrected chi connectivity index (χ1v) is 7.21. The highest BCUT2D eigenvalue weighted by atomic mass is 32.1. The quantitative estimate of drug-likeness (QED) is 0.668. The first-order chi connectivity index (χ1) is 9.78. The highest BCUT2D eigenvalue weighted by Crippen LogP contribution is 2.34. The highest BCUT2D eigenvalue weighted by Gasteiger charge is 2.21. The minimum Gasteiger partial charge on any atom is -0.370 e. The Balaban J connectivity index is 2.20. The second kappa shape index (κ2) is 5.65. The molecule has 1 aromatic heterocycles. The topological polar surface area (TPSA) is 97.2 Å². The summed E-state index contributed by atoms with van der Waals surface area (Å²) in [5.41, 5.74) is 1.75. The molecule has 0 aliphatic heterocycles. The molecule has 1 amide bonds. The van der Waals surface area contributed by atoms with E-state index in [9.17, 15) is 14.9 Å². The summed E-state index contributed by atoms with van der Waals surface area (Å²) in [6.07, 6.45) is 0. The van der Waals surface area contributed by atoms with Gasteiger partial charge >= 0.3 is 5.69 Å². The van der Waals surface area contributed by atoms with Crippen LogP contribution in [0.5, 0.6) is 0 Å². The van der Waals surface area contributed by atoms with Crippen LogP contribution in [0.25, 0.3) is 10.2 Å². The van der Waals surface area contributed by atoms with Crippen LogP contribution >= 0.6 is 11.3 Å². The second-order valence-corrected chi connectivity index (χ2v) is 6.46. The lowest BCUT2D eigenvalue weighted by atomic mass is 10.1. The Morgan fingerprint density at radius 2 is 2.14 bits per heavy atom. The van der Waals surface area contributed by atoms with Gasteiger partial charge in [0.25, 0.3) is 0 Å². The third-order valence-electron chi connectivity index (χ3n) is 2.61. The molecule has 0 saturated carbocycles. The van der Waals surface area contributed by atoms with Gasteiger partial charge in [0.2, 0.25) is 5.91 Å². The van der Waals surface area contributed by atoms with Gasteiger partial charge < -0.3 is 10.6 Å². The standard InChI is InChI=1S/C13H16N4O3S/c1-13(2,3)16-10(18)6-14-8-4-5-9-11(15-7-21-9)12(8)17(19)20/h4-5,7,14H,6H2,1-3H3,(H,16,18). The van der Waals surface area contributed by atoms with Gasteiger partial charge in [0, 0.05) is 5.54 Å². The van der Waals surface area contributed by atoms with Crippen LogP contribution in [0.15, 0.2) is 17.6 Å². The van der Waals surface area contributed by atoms with E-state index in [-0.39, 0.29) is 23.7 Å². The fourth-order valence-electron chi connectivity index (χ4n) is 1.88. The maximum Gasteiger partial charge on any atom is 0.319 e. The Hall–Kier alpha value is -2.22. The van der Waals surface area contributed by atoms with Crippen molar-refractivity contribution in [3.63, 3.8) is 0 Å². The molecule has 1 aromatic carbocycles. The summed E-state index contributed by atoms with van der Waals surface area (Å²) in [6, 6.07) is 3.35. The van der Waals surface area contributed by atoms with E-state index in [1.54, 1.807) is 17.6 Å². The molecule has 2 N–H and O–H groups in total. The molecule has 8 heteroatoms. The van der Waals surface area contributed by atoms with Crippen molar-refractivity contribution in [1.82, 2.24) is 10.3 Å². The van der Waals surface area contributed by atoms with Crippen LogP contribution in [-0.4, -0.2) is 27.9 Å². The predicted octanol–water partition coefficient (Wildman–Crippen LogP) is 2.53. The molecule has 0 fully saturated rings. The number of hydrogen-bond acceptors (Lipinski definition) is 6. The number of nitro benzene ring substituents is 1. The van der Waals surface area contributed by atoms with Crippen LogP contribution in [0.4, 0.5) is 11.4 Å². The van der Waals surface area contributed by atoms with Gasteiger partial charge in [-0.05, 0) is 32.9 Å². The van der Waals surface area contributed by atoms with Gasteiger partial charge in [0.1, 0.15) is 5.69 Å². The van der Waals surface area contributed by atoms with Gasteiger partial charge in [0.05, 0.1) is 21.7 Å². The van der Waals surface area contributed by atoms with Crippen LogP contribution in [0.3, 0.4) is 0 Å². The number of thiazole rings is 1. The van der Waals surface area contributed by atoms with Crippen LogP contribution in [-0.2, 0) is 4.79 Å². The summed E-state index contributed by atoms with van der Waals surface area (Å²) < 4.78 is 0.742. The third-order valence-corrected chi connectivity index (χ3v) is 3.41. The number of fused-ring (bicyclic) bond motifs is 1. The molecule has 2 aromatic rings. The number of benzene rings is 1. The van der Waals surface area contributed by atoms with Crippen molar-refractivity contribution in [3.05, 3.63) is 27.8 Å². The number of carbonyl (C=O) groups excluding carboxylic acids is 1. The molecule has 0 radical (unpaired) electrons. The van der Waals surface area contributed by atoms with Crippen molar-refractivity contribution < 1.29 is 9.72 Å². The van der Waals surface area contributed by atoms with E-state index in [4.69, 9.17) is 0 Å². The molecule has 0 atom stereocenters. The van der Waals surface area contributed by atoms with Crippen molar-refractivity contribution in [2.75, 3.05) is 11.9 Å². The monoisotopic (exact) mass is 308 g/mol. The second-order valence-electron chi connectivity index (χ2n) is 5.57. The highest BCUT2D eigenvalue weighted by molar-refractivity contribution is 7.16. The first-order valence-electron chi connectivity index (χ1n) is 6.33. The predicted molar refractivity (Wildman–Crippen MR) is 82.7 cm³/mol. The molecule has 0 unspecified atom stereocenters. The summed E-state index contributed by atoms with van der Waals surface area (Å²) in [5.74, 6) is -0.227. The molecule has 21 heavy (non-hydrogen) atoms. The SMILES string of the molecule is CC(C)(C)NC(=O)CNc1ccc2scnc2c1[N+](=O)[O-]. The van der Waals surface area contributed by atoms with Crippen LogP contribution in [0.1, 0.15) is 20.8 Å². The minimum atomic E-state index is -0.480. The van der Waals surface area contributed by atoms with E-state index >= 15 is 0 Å². The Bertz CT molecular complexity index is 690. The molecule has 1 heterocycles. The molecule has 2 rings (SSSR count). The Labute approximate surface area is 125 Å². The summed E-state index contributed by atoms with van der Waals surface area (Å²) in [7, 11) is 0. The molecule has 112 valence electrons. The summed E-state index contributed by atoms with van der Waals surface area (Å²) in [5, 5.41) is 16.8. The fourth-order valence-corrected chi connectivity index (χ4v) is 2.56. The normalized spacial score (nSPS) is 11.4. The number of aromatic nitrogens is 1. The van der Waals surface area contributed by atoms with Crippen molar-refractivity contribution in [2.24, 2.45) is 0 Å². The molecule has 0 spiro atoms. The van der Waals surface area contributed by atoms with Crippen LogP contribution in [0, 0.1) is 10.1 Å². The number of rotatable bonds is 4. The Kier molecular flexibility index (Phi) is 4.08. The average Bonchev–Trinajstić information content (AvgIpc) is 2.80. The number of nitro groups is 1. The number of anilines is 1. The van der Waals surface area contributed by atoms with Gasteiger partial charge in [-0.2, -0.15) is 0 Å². The van der Waals surface area contributed by atoms with E-state index in [0.717, 1.165) is 4.70 Å². The van der Waals surface area contributed by atoms with Gasteiger partial charge in [-0.15, -0.1) is 11.3 Å². The fraction of sp³-hybridized carbons (Fsp3) is 0.385. The van der Waals surface area contributed by atoms with Crippen LogP contribution in [0.2, 0.25) is 0 Å². The largest absolute Gasteiger partial charge is 0.370 e. The average molecular weight is 308 g/mol. The summed E-state index contributed by atoms with van der Waals surface area (Å²) in [4.78, 5) is 26.5. The van der Waals surface area contributed by atoms with E-state index in [1.807, 2.05) is 20.8 Å². The summed E-state index contributed by atoms with van der Waals surface area (Å²) in [6.45, 7) is 5.58. The molecule has 0 bridgehead atoms. The van der Waals surface area contributed by atoms with Gasteiger partial charge in [0.15, 0.2) is 5.52 Å². The third kappa shape index (κ3) is 3.66. The smallest absolute Gasteiger partial charge is 0.319 e. The van der Waals surface area contributed by atoms with Gasteiger partial charge in [-0.1, -0.05) is 0 Å². The molecule has 0 saturated heterocycles. The Morgan fingerprint density at radius 1 is 1.43 bits per heavy atom. The van der Waals surface area contributed by atoms with Crippen molar-refractivity contribution in [3.8, 4) is 0 Å². The lowest BCUT2D eigenvalue weighted by Crippen LogP contribution is -2.43.